The fourth-order valence-corrected chi connectivity index (χ4v) is 2.31. The van der Waals surface area contributed by atoms with Crippen LogP contribution in [0.5, 0.6) is 5.75 Å². The molecule has 0 aliphatic heterocycles. The van der Waals surface area contributed by atoms with Gasteiger partial charge < -0.3 is 10.1 Å². The van der Waals surface area contributed by atoms with Crippen molar-refractivity contribution in [2.24, 2.45) is 0 Å². The van der Waals surface area contributed by atoms with Crippen molar-refractivity contribution < 1.29 is 9.53 Å². The van der Waals surface area contributed by atoms with E-state index in [1.807, 2.05) is 6.07 Å². The molecule has 0 atom stereocenters. The van der Waals surface area contributed by atoms with Crippen LogP contribution in [-0.2, 0) is 0 Å². The first-order valence-electron chi connectivity index (χ1n) is 6.78. The first-order valence-corrected chi connectivity index (χ1v) is 7.16. The third-order valence-electron chi connectivity index (χ3n) is 3.38. The van der Waals surface area contributed by atoms with Crippen molar-refractivity contribution in [2.45, 2.75) is 18.9 Å². The molecule has 1 heterocycles. The smallest absolute Gasteiger partial charge is 0.251 e. The summed E-state index contributed by atoms with van der Waals surface area (Å²) in [5.41, 5.74) is 2.17. The number of nitrogens with zero attached hydrogens (tertiary/aromatic N) is 1. The predicted molar refractivity (Wildman–Crippen MR) is 81.7 cm³/mol. The van der Waals surface area contributed by atoms with Crippen molar-refractivity contribution in [1.29, 1.82) is 0 Å². The maximum atomic E-state index is 12.1. The van der Waals surface area contributed by atoms with Crippen LogP contribution in [0.1, 0.15) is 23.2 Å². The quantitative estimate of drug-likeness (QED) is 0.942. The van der Waals surface area contributed by atoms with Gasteiger partial charge in [0.2, 0.25) is 0 Å². The molecule has 1 aromatic carbocycles. The molecule has 0 saturated heterocycles. The van der Waals surface area contributed by atoms with Gasteiger partial charge in [-0.05, 0) is 43.2 Å². The number of ether oxygens (including phenoxy) is 1. The molecule has 21 heavy (non-hydrogen) atoms. The summed E-state index contributed by atoms with van der Waals surface area (Å²) < 4.78 is 5.13. The second-order valence-corrected chi connectivity index (χ2v) is 5.43. The largest absolute Gasteiger partial charge is 0.495 e. The van der Waals surface area contributed by atoms with E-state index in [2.05, 4.69) is 10.3 Å². The van der Waals surface area contributed by atoms with E-state index < -0.39 is 0 Å². The number of carbonyl (C=O) groups is 1. The molecule has 1 amide bonds. The number of benzene rings is 1. The third-order valence-corrected chi connectivity index (χ3v) is 3.68. The molecule has 1 aliphatic carbocycles. The highest BCUT2D eigenvalue weighted by atomic mass is 35.5. The molecule has 0 radical (unpaired) electrons. The Morgan fingerprint density at radius 3 is 2.81 bits per heavy atom. The van der Waals surface area contributed by atoms with Gasteiger partial charge in [-0.15, -0.1) is 0 Å². The maximum absolute atomic E-state index is 12.1. The number of nitrogens with one attached hydrogen (secondary N) is 1. The van der Waals surface area contributed by atoms with E-state index in [9.17, 15) is 4.79 Å². The molecule has 0 spiro atoms. The minimum absolute atomic E-state index is 0.0549. The van der Waals surface area contributed by atoms with E-state index in [1.54, 1.807) is 37.6 Å². The summed E-state index contributed by atoms with van der Waals surface area (Å²) in [5, 5.41) is 3.48. The highest BCUT2D eigenvalue weighted by Crippen LogP contribution is 2.29. The van der Waals surface area contributed by atoms with Crippen LogP contribution in [0.4, 0.5) is 0 Å². The highest BCUT2D eigenvalue weighted by molar-refractivity contribution is 6.32. The van der Waals surface area contributed by atoms with Crippen molar-refractivity contribution in [1.82, 2.24) is 10.3 Å². The molecule has 1 N–H and O–H groups in total. The summed E-state index contributed by atoms with van der Waals surface area (Å²) >= 11 is 6.13. The molecule has 1 aromatic heterocycles. The predicted octanol–water partition coefficient (Wildman–Crippen LogP) is 3.30. The number of amides is 1. The Hall–Kier alpha value is -2.07. The van der Waals surface area contributed by atoms with Crippen LogP contribution >= 0.6 is 11.6 Å². The SMILES string of the molecule is COc1ccc(-c2cc(C(=O)NC3CC3)ccn2)cc1Cl. The summed E-state index contributed by atoms with van der Waals surface area (Å²) in [6.45, 7) is 0. The zero-order valence-electron chi connectivity index (χ0n) is 11.6. The topological polar surface area (TPSA) is 51.2 Å². The molecule has 0 bridgehead atoms. The van der Waals surface area contributed by atoms with Gasteiger partial charge in [-0.1, -0.05) is 11.6 Å². The van der Waals surface area contributed by atoms with Crippen LogP contribution in [0.15, 0.2) is 36.5 Å². The molecular formula is C16H15ClN2O2. The van der Waals surface area contributed by atoms with E-state index in [0.29, 0.717) is 28.1 Å². The fourth-order valence-electron chi connectivity index (χ4n) is 2.05. The fraction of sp³-hybridized carbons (Fsp3) is 0.250. The van der Waals surface area contributed by atoms with Gasteiger partial charge in [-0.3, -0.25) is 9.78 Å². The average Bonchev–Trinajstić information content (AvgIpc) is 3.31. The van der Waals surface area contributed by atoms with Crippen molar-refractivity contribution in [3.8, 4) is 17.0 Å². The van der Waals surface area contributed by atoms with Gasteiger partial charge in [0.1, 0.15) is 5.75 Å². The van der Waals surface area contributed by atoms with Crippen LogP contribution < -0.4 is 10.1 Å². The Morgan fingerprint density at radius 2 is 2.14 bits per heavy atom. The number of halogens is 1. The second kappa shape index (κ2) is 5.74. The van der Waals surface area contributed by atoms with E-state index in [0.717, 1.165) is 18.4 Å². The molecule has 4 nitrogen and oxygen atoms in total. The minimum Gasteiger partial charge on any atom is -0.495 e. The van der Waals surface area contributed by atoms with Crippen molar-refractivity contribution in [3.63, 3.8) is 0 Å². The molecular weight excluding hydrogens is 288 g/mol. The lowest BCUT2D eigenvalue weighted by Crippen LogP contribution is -2.25. The van der Waals surface area contributed by atoms with Crippen LogP contribution in [-0.4, -0.2) is 24.0 Å². The summed E-state index contributed by atoms with van der Waals surface area (Å²) in [5.74, 6) is 0.559. The number of carbonyl (C=O) groups excluding carboxylic acids is 1. The Morgan fingerprint density at radius 1 is 1.33 bits per heavy atom. The molecule has 2 aromatic rings. The van der Waals surface area contributed by atoms with Crippen molar-refractivity contribution >= 4 is 17.5 Å². The van der Waals surface area contributed by atoms with Crippen LogP contribution in [0.25, 0.3) is 11.3 Å². The lowest BCUT2D eigenvalue weighted by atomic mass is 10.1. The van der Waals surface area contributed by atoms with Crippen molar-refractivity contribution in [3.05, 3.63) is 47.1 Å². The third kappa shape index (κ3) is 3.16. The van der Waals surface area contributed by atoms with Crippen LogP contribution in [0.2, 0.25) is 5.02 Å². The second-order valence-electron chi connectivity index (χ2n) is 5.03. The van der Waals surface area contributed by atoms with Crippen LogP contribution in [0, 0.1) is 0 Å². The van der Waals surface area contributed by atoms with Gasteiger partial charge in [0, 0.05) is 23.4 Å². The van der Waals surface area contributed by atoms with E-state index in [-0.39, 0.29) is 5.91 Å². The zero-order chi connectivity index (χ0) is 14.8. The van der Waals surface area contributed by atoms with Gasteiger partial charge >= 0.3 is 0 Å². The maximum Gasteiger partial charge on any atom is 0.251 e. The molecule has 3 rings (SSSR count). The summed E-state index contributed by atoms with van der Waals surface area (Å²) in [6, 6.07) is 9.27. The van der Waals surface area contributed by atoms with Gasteiger partial charge in [-0.2, -0.15) is 0 Å². The Kier molecular flexibility index (Phi) is 3.80. The standard InChI is InChI=1S/C16H15ClN2O2/c1-21-15-5-2-10(8-13(15)17)14-9-11(6-7-18-14)16(20)19-12-3-4-12/h2,5-9,12H,3-4H2,1H3,(H,19,20). The van der Waals surface area contributed by atoms with Gasteiger partial charge in [-0.25, -0.2) is 0 Å². The Balaban J connectivity index is 1.88. The Labute approximate surface area is 128 Å². The molecule has 0 unspecified atom stereocenters. The first kappa shape index (κ1) is 13.9. The van der Waals surface area contributed by atoms with E-state index >= 15 is 0 Å². The first-order chi connectivity index (χ1) is 10.2. The Bertz CT molecular complexity index is 684. The zero-order valence-corrected chi connectivity index (χ0v) is 12.4. The van der Waals surface area contributed by atoms with Gasteiger partial charge in [0.05, 0.1) is 17.8 Å². The van der Waals surface area contributed by atoms with E-state index in [1.165, 1.54) is 0 Å². The lowest BCUT2D eigenvalue weighted by Gasteiger charge is -2.08. The lowest BCUT2D eigenvalue weighted by molar-refractivity contribution is 0.0951. The minimum atomic E-state index is -0.0549. The molecule has 1 fully saturated rings. The summed E-state index contributed by atoms with van der Waals surface area (Å²) in [4.78, 5) is 16.4. The molecule has 1 saturated carbocycles. The van der Waals surface area contributed by atoms with Crippen LogP contribution in [0.3, 0.4) is 0 Å². The number of hydrogen-bond acceptors (Lipinski definition) is 3. The number of methoxy groups -OCH3 is 1. The number of hydrogen-bond donors (Lipinski definition) is 1. The monoisotopic (exact) mass is 302 g/mol. The van der Waals surface area contributed by atoms with Gasteiger partial charge in [0.25, 0.3) is 5.91 Å². The number of rotatable bonds is 4. The molecule has 5 heteroatoms. The number of pyridine rings is 1. The van der Waals surface area contributed by atoms with Crippen molar-refractivity contribution in [2.75, 3.05) is 7.11 Å². The number of aromatic nitrogens is 1. The van der Waals surface area contributed by atoms with Gasteiger partial charge in [0.15, 0.2) is 0 Å². The highest BCUT2D eigenvalue weighted by Gasteiger charge is 2.23. The van der Waals surface area contributed by atoms with E-state index in [4.69, 9.17) is 16.3 Å². The molecule has 108 valence electrons. The molecule has 1 aliphatic rings. The summed E-state index contributed by atoms with van der Waals surface area (Å²) in [6.07, 6.45) is 3.77. The summed E-state index contributed by atoms with van der Waals surface area (Å²) in [7, 11) is 1.57. The normalized spacial score (nSPS) is 13.8. The average molecular weight is 303 g/mol.